The smallest absolute Gasteiger partial charge is 0.391 e. The molecule has 1 aromatic carbocycles. The molecule has 2 aromatic rings. The van der Waals surface area contributed by atoms with Gasteiger partial charge in [0.05, 0.1) is 0 Å². The molecule has 0 bridgehead atoms. The Kier molecular flexibility index (Phi) is 4.86. The first-order valence-corrected chi connectivity index (χ1v) is 6.04. The third-order valence-electron chi connectivity index (χ3n) is 2.34. The lowest BCUT2D eigenvalue weighted by Crippen LogP contribution is -2.02. The third-order valence-corrected chi connectivity index (χ3v) is 2.70. The summed E-state index contributed by atoms with van der Waals surface area (Å²) < 4.78 is 4.99. The number of nitrogens with two attached hydrogens (primary N) is 1. The topological polar surface area (TPSA) is 123 Å². The van der Waals surface area contributed by atoms with E-state index in [-0.39, 0.29) is 8.33 Å². The number of nitrogens with one attached hydrogen (secondary N) is 1. The van der Waals surface area contributed by atoms with Gasteiger partial charge in [-0.3, -0.25) is 0 Å². The summed E-state index contributed by atoms with van der Waals surface area (Å²) in [5.41, 5.74) is 7.43. The predicted octanol–water partition coefficient (Wildman–Crippen LogP) is 0.927. The number of hydrogen-bond acceptors (Lipinski definition) is 4. The van der Waals surface area contributed by atoms with Crippen molar-refractivity contribution in [1.29, 1.82) is 0 Å². The second-order valence-electron chi connectivity index (χ2n) is 3.38. The molecule has 17 heavy (non-hydrogen) atoms. The molecular weight excluding hydrogens is 243 g/mol. The van der Waals surface area contributed by atoms with Crippen molar-refractivity contribution in [2.75, 3.05) is 6.54 Å². The van der Waals surface area contributed by atoms with Gasteiger partial charge in [-0.25, -0.2) is 0 Å². The van der Waals surface area contributed by atoms with Crippen LogP contribution in [0.5, 0.6) is 5.75 Å². The molecule has 0 aliphatic rings. The van der Waals surface area contributed by atoms with Crippen LogP contribution in [-0.2, 0) is 6.42 Å². The molecule has 98 valence electrons. The van der Waals surface area contributed by atoms with Gasteiger partial charge in [0.1, 0.15) is 5.75 Å². The molecule has 0 aliphatic heterocycles. The first kappa shape index (κ1) is 13.9. The molecule has 0 spiro atoms. The monoisotopic (exact) mass is 262 g/mol. The van der Waals surface area contributed by atoms with E-state index in [2.05, 4.69) is 4.98 Å². The lowest BCUT2D eigenvalue weighted by atomic mass is 10.1. The molecule has 0 radical (unpaired) electrons. The second kappa shape index (κ2) is 5.95. The maximum atomic E-state index is 8.89. The molecule has 1 heterocycles. The van der Waals surface area contributed by atoms with Crippen LogP contribution in [0.4, 0.5) is 0 Å². The Morgan fingerprint density at radius 1 is 1.41 bits per heavy atom. The van der Waals surface area contributed by atoms with Crippen molar-refractivity contribution in [3.63, 3.8) is 0 Å². The Balaban J connectivity index is 0. The Bertz CT molecular complexity index is 495. The number of fused-ring (bicyclic) bond motifs is 1. The molecule has 0 atom stereocenters. The minimum atomic E-state index is -2.40. The summed E-state index contributed by atoms with van der Waals surface area (Å²) in [4.78, 5) is 20.9. The maximum absolute atomic E-state index is 8.89. The van der Waals surface area contributed by atoms with Crippen molar-refractivity contribution in [1.82, 2.24) is 4.98 Å². The highest BCUT2D eigenvalue weighted by Crippen LogP contribution is 2.36. The van der Waals surface area contributed by atoms with E-state index >= 15 is 0 Å². The Morgan fingerprint density at radius 2 is 2.18 bits per heavy atom. The molecule has 0 amide bonds. The molecular formula is C10H19N2O4P. The van der Waals surface area contributed by atoms with Crippen LogP contribution in [0.25, 0.3) is 10.9 Å². The standard InChI is InChI=1S/C10H13N2O3P.H2O.2H2/c11-5-4-7-6-12-8-2-1-3-9(10(7)8)15-16(13)14;;;/h1-3,6,12-14H,4-5,11H2;1H2;2*1H. The van der Waals surface area contributed by atoms with Crippen molar-refractivity contribution in [3.05, 3.63) is 30.0 Å². The third kappa shape index (κ3) is 2.94. The quantitative estimate of drug-likeness (QED) is 0.612. The van der Waals surface area contributed by atoms with Crippen molar-refractivity contribution in [3.8, 4) is 5.75 Å². The second-order valence-corrected chi connectivity index (χ2v) is 4.06. The van der Waals surface area contributed by atoms with Gasteiger partial charge in [0.15, 0.2) is 0 Å². The average Bonchev–Trinajstić information content (AvgIpc) is 2.62. The van der Waals surface area contributed by atoms with Gasteiger partial charge in [-0.2, -0.15) is 0 Å². The van der Waals surface area contributed by atoms with E-state index in [0.717, 1.165) is 22.9 Å². The van der Waals surface area contributed by atoms with Gasteiger partial charge in [0, 0.05) is 20.0 Å². The Hall–Kier alpha value is -1.17. The van der Waals surface area contributed by atoms with Crippen LogP contribution in [0.15, 0.2) is 24.4 Å². The van der Waals surface area contributed by atoms with E-state index in [4.69, 9.17) is 20.0 Å². The zero-order valence-corrected chi connectivity index (χ0v) is 9.95. The highest BCUT2D eigenvalue weighted by Gasteiger charge is 2.11. The number of aromatic amines is 1. The summed E-state index contributed by atoms with van der Waals surface area (Å²) in [7, 11) is -2.40. The lowest BCUT2D eigenvalue weighted by Gasteiger charge is -2.07. The van der Waals surface area contributed by atoms with Crippen molar-refractivity contribution in [2.24, 2.45) is 5.73 Å². The van der Waals surface area contributed by atoms with Gasteiger partial charge in [0.25, 0.3) is 0 Å². The summed E-state index contributed by atoms with van der Waals surface area (Å²) in [6.07, 6.45) is 2.58. The first-order chi connectivity index (χ1) is 7.72. The number of rotatable bonds is 4. The Morgan fingerprint density at radius 3 is 2.82 bits per heavy atom. The number of aromatic nitrogens is 1. The maximum Gasteiger partial charge on any atom is 0.391 e. The van der Waals surface area contributed by atoms with Crippen LogP contribution in [0.3, 0.4) is 0 Å². The average molecular weight is 262 g/mol. The van der Waals surface area contributed by atoms with Gasteiger partial charge in [-0.05, 0) is 30.7 Å². The summed E-state index contributed by atoms with van der Waals surface area (Å²) in [5.74, 6) is 0.471. The summed E-state index contributed by atoms with van der Waals surface area (Å²) in [6, 6.07) is 5.40. The van der Waals surface area contributed by atoms with Crippen LogP contribution >= 0.6 is 8.60 Å². The molecule has 0 aliphatic carbocycles. The fourth-order valence-electron chi connectivity index (χ4n) is 1.74. The van der Waals surface area contributed by atoms with Crippen LogP contribution < -0.4 is 10.3 Å². The van der Waals surface area contributed by atoms with Crippen LogP contribution in [-0.4, -0.2) is 26.8 Å². The molecule has 0 unspecified atom stereocenters. The van der Waals surface area contributed by atoms with Crippen molar-refractivity contribution >= 4 is 19.5 Å². The predicted molar refractivity (Wildman–Crippen MR) is 70.9 cm³/mol. The molecule has 1 aromatic heterocycles. The zero-order valence-electron chi connectivity index (χ0n) is 9.05. The molecule has 0 saturated carbocycles. The van der Waals surface area contributed by atoms with E-state index < -0.39 is 8.60 Å². The Labute approximate surface area is 102 Å². The molecule has 2 rings (SSSR count). The molecule has 6 nitrogen and oxygen atoms in total. The number of H-pyrrole nitrogens is 1. The van der Waals surface area contributed by atoms with Crippen LogP contribution in [0.2, 0.25) is 0 Å². The largest absolute Gasteiger partial charge is 0.426 e. The van der Waals surface area contributed by atoms with Gasteiger partial charge < -0.3 is 30.5 Å². The van der Waals surface area contributed by atoms with E-state index in [9.17, 15) is 0 Å². The van der Waals surface area contributed by atoms with Crippen LogP contribution in [0.1, 0.15) is 8.42 Å². The zero-order chi connectivity index (χ0) is 11.5. The number of hydrogen-bond donors (Lipinski definition) is 4. The summed E-state index contributed by atoms with van der Waals surface area (Å²) in [6.45, 7) is 0.536. The summed E-state index contributed by atoms with van der Waals surface area (Å²) in [5, 5.41) is 0.864. The SMILES string of the molecule is NCCc1c[nH]c2cccc(OP(O)O)c12.O.[HH].[HH]. The summed E-state index contributed by atoms with van der Waals surface area (Å²) >= 11 is 0. The highest BCUT2D eigenvalue weighted by molar-refractivity contribution is 7.39. The molecule has 0 fully saturated rings. The van der Waals surface area contributed by atoms with Gasteiger partial charge in [0.2, 0.25) is 0 Å². The number of benzene rings is 1. The minimum Gasteiger partial charge on any atom is -0.426 e. The molecule has 7 heteroatoms. The van der Waals surface area contributed by atoms with Gasteiger partial charge >= 0.3 is 8.60 Å². The van der Waals surface area contributed by atoms with Crippen LogP contribution in [0, 0.1) is 0 Å². The first-order valence-electron chi connectivity index (χ1n) is 4.87. The van der Waals surface area contributed by atoms with E-state index in [1.165, 1.54) is 0 Å². The highest BCUT2D eigenvalue weighted by atomic mass is 31.2. The fraction of sp³-hybridized carbons (Fsp3) is 0.200. The van der Waals surface area contributed by atoms with E-state index in [1.807, 2.05) is 12.3 Å². The normalized spacial score (nSPS) is 10.6. The van der Waals surface area contributed by atoms with E-state index in [1.54, 1.807) is 12.1 Å². The van der Waals surface area contributed by atoms with E-state index in [0.29, 0.717) is 12.3 Å². The van der Waals surface area contributed by atoms with Crippen molar-refractivity contribution < 1.29 is 22.6 Å². The fourth-order valence-corrected chi connectivity index (χ4v) is 2.06. The lowest BCUT2D eigenvalue weighted by molar-refractivity contribution is 0.377. The minimum absolute atomic E-state index is 0. The molecule has 7 N–H and O–H groups in total. The molecule has 0 saturated heterocycles. The van der Waals surface area contributed by atoms with Gasteiger partial charge in [-0.1, -0.05) is 6.07 Å². The van der Waals surface area contributed by atoms with Gasteiger partial charge in [-0.15, -0.1) is 0 Å². The van der Waals surface area contributed by atoms with Crippen molar-refractivity contribution in [2.45, 2.75) is 6.42 Å².